The van der Waals surface area contributed by atoms with Crippen molar-refractivity contribution in [2.45, 2.75) is 39.2 Å². The van der Waals surface area contributed by atoms with Gasteiger partial charge in [-0.15, -0.1) is 0 Å². The third kappa shape index (κ3) is 3.59. The van der Waals surface area contributed by atoms with Crippen LogP contribution in [0.2, 0.25) is 0 Å². The molecule has 1 aliphatic rings. The van der Waals surface area contributed by atoms with E-state index in [0.29, 0.717) is 19.5 Å². The predicted molar refractivity (Wildman–Crippen MR) is 80.5 cm³/mol. The maximum atomic E-state index is 11.6. The zero-order chi connectivity index (χ0) is 15.5. The maximum Gasteiger partial charge on any atom is 0.324 e. The van der Waals surface area contributed by atoms with E-state index in [4.69, 9.17) is 0 Å². The lowest BCUT2D eigenvalue weighted by Gasteiger charge is -2.39. The van der Waals surface area contributed by atoms with Crippen molar-refractivity contribution in [2.24, 2.45) is 5.41 Å². The van der Waals surface area contributed by atoms with Crippen LogP contribution in [0.4, 0.5) is 5.00 Å². The van der Waals surface area contributed by atoms with E-state index >= 15 is 0 Å². The van der Waals surface area contributed by atoms with Crippen LogP contribution in [0, 0.1) is 15.5 Å². The first-order chi connectivity index (χ1) is 9.97. The Labute approximate surface area is 127 Å². The van der Waals surface area contributed by atoms with E-state index in [0.717, 1.165) is 30.7 Å². The fourth-order valence-corrected chi connectivity index (χ4v) is 3.96. The van der Waals surface area contributed by atoms with Gasteiger partial charge < -0.3 is 5.11 Å². The van der Waals surface area contributed by atoms with Crippen molar-refractivity contribution >= 4 is 22.3 Å². The Morgan fingerprint density at radius 2 is 2.33 bits per heavy atom. The van der Waals surface area contributed by atoms with Crippen LogP contribution in [-0.4, -0.2) is 34.0 Å². The first kappa shape index (κ1) is 15.9. The molecular formula is C14H20N2O4S. The number of carboxylic acid groups (broad SMARTS) is 1. The number of carbonyl (C=O) groups is 1. The second-order valence-corrected chi connectivity index (χ2v) is 6.79. The fourth-order valence-electron chi connectivity index (χ4n) is 3.10. The number of piperidine rings is 1. The Hall–Kier alpha value is -1.47. The Morgan fingerprint density at radius 1 is 1.57 bits per heavy atom. The largest absolute Gasteiger partial charge is 0.481 e. The molecule has 0 radical (unpaired) electrons. The summed E-state index contributed by atoms with van der Waals surface area (Å²) in [6.45, 7) is 3.98. The van der Waals surface area contributed by atoms with Crippen molar-refractivity contribution in [2.75, 3.05) is 13.1 Å². The Bertz CT molecular complexity index is 527. The van der Waals surface area contributed by atoms with Gasteiger partial charge in [-0.1, -0.05) is 24.7 Å². The monoisotopic (exact) mass is 312 g/mol. The molecule has 0 spiro atoms. The van der Waals surface area contributed by atoms with Gasteiger partial charge in [0.05, 0.1) is 10.3 Å². The highest BCUT2D eigenvalue weighted by Gasteiger charge is 2.41. The van der Waals surface area contributed by atoms with E-state index in [9.17, 15) is 20.0 Å². The molecule has 2 heterocycles. The number of hydrogen-bond acceptors (Lipinski definition) is 5. The lowest BCUT2D eigenvalue weighted by molar-refractivity contribution is -0.380. The number of carboxylic acids is 1. The number of aliphatic carboxylic acids is 1. The molecule has 1 unspecified atom stereocenters. The molecule has 21 heavy (non-hydrogen) atoms. The molecule has 6 nitrogen and oxygen atoms in total. The second-order valence-electron chi connectivity index (χ2n) is 5.65. The van der Waals surface area contributed by atoms with Gasteiger partial charge in [0.25, 0.3) is 0 Å². The summed E-state index contributed by atoms with van der Waals surface area (Å²) in [5, 5.41) is 20.4. The van der Waals surface area contributed by atoms with Crippen molar-refractivity contribution in [3.8, 4) is 0 Å². The molecule has 0 saturated carbocycles. The Morgan fingerprint density at radius 3 is 2.90 bits per heavy atom. The third-order valence-corrected chi connectivity index (χ3v) is 5.07. The van der Waals surface area contributed by atoms with Crippen molar-refractivity contribution in [3.63, 3.8) is 0 Å². The number of likely N-dealkylation sites (tertiary alicyclic amines) is 1. The van der Waals surface area contributed by atoms with E-state index in [1.807, 2.05) is 6.92 Å². The van der Waals surface area contributed by atoms with Gasteiger partial charge in [0.15, 0.2) is 0 Å². The van der Waals surface area contributed by atoms with Gasteiger partial charge >= 0.3 is 11.0 Å². The van der Waals surface area contributed by atoms with Gasteiger partial charge in [-0.3, -0.25) is 19.8 Å². The second kappa shape index (κ2) is 6.53. The highest BCUT2D eigenvalue weighted by Crippen LogP contribution is 2.36. The molecule has 1 fully saturated rings. The molecule has 0 bridgehead atoms. The van der Waals surface area contributed by atoms with Gasteiger partial charge in [-0.2, -0.15) is 0 Å². The van der Waals surface area contributed by atoms with Crippen LogP contribution < -0.4 is 0 Å². The maximum absolute atomic E-state index is 11.6. The van der Waals surface area contributed by atoms with Gasteiger partial charge in [-0.05, 0) is 31.9 Å². The zero-order valence-corrected chi connectivity index (χ0v) is 12.9. The van der Waals surface area contributed by atoms with Crippen LogP contribution in [0.25, 0.3) is 0 Å². The molecule has 0 aliphatic carbocycles. The van der Waals surface area contributed by atoms with E-state index in [1.165, 1.54) is 17.4 Å². The normalized spacial score (nSPS) is 23.1. The molecule has 7 heteroatoms. The number of nitro groups is 1. The number of thiophene rings is 1. The van der Waals surface area contributed by atoms with E-state index in [-0.39, 0.29) is 9.92 Å². The molecule has 0 aromatic carbocycles. The molecule has 1 aromatic heterocycles. The molecule has 1 atom stereocenters. The summed E-state index contributed by atoms with van der Waals surface area (Å²) in [5.74, 6) is -0.716. The molecule has 1 aromatic rings. The van der Waals surface area contributed by atoms with Crippen LogP contribution in [-0.2, 0) is 11.3 Å². The quantitative estimate of drug-likeness (QED) is 0.644. The van der Waals surface area contributed by atoms with Gasteiger partial charge in [-0.25, -0.2) is 0 Å². The van der Waals surface area contributed by atoms with Crippen LogP contribution in [0.1, 0.15) is 37.5 Å². The Kier molecular flexibility index (Phi) is 4.95. The molecule has 0 amide bonds. The molecule has 116 valence electrons. The van der Waals surface area contributed by atoms with Crippen LogP contribution in [0.15, 0.2) is 12.1 Å². The molecule has 1 N–H and O–H groups in total. The van der Waals surface area contributed by atoms with E-state index in [1.54, 1.807) is 6.07 Å². The molecule has 2 rings (SSSR count). The van der Waals surface area contributed by atoms with Crippen molar-refractivity contribution in [1.82, 2.24) is 4.90 Å². The van der Waals surface area contributed by atoms with E-state index in [2.05, 4.69) is 4.90 Å². The lowest BCUT2D eigenvalue weighted by atomic mass is 9.76. The predicted octanol–water partition coefficient (Wildman–Crippen LogP) is 3.12. The minimum absolute atomic E-state index is 0.139. The third-order valence-electron chi connectivity index (χ3n) is 4.05. The molecule has 1 saturated heterocycles. The summed E-state index contributed by atoms with van der Waals surface area (Å²) in [6.07, 6.45) is 3.12. The SMILES string of the molecule is CCCC1(C(=O)O)CCCN(Cc2ccc([N+](=O)[O-])s2)C1. The van der Waals surface area contributed by atoms with Crippen molar-refractivity contribution < 1.29 is 14.8 Å². The standard InChI is InChI=1S/C14H20N2O4S/c1-2-6-14(13(17)18)7-3-8-15(10-14)9-11-4-5-12(21-11)16(19)20/h4-5H,2-3,6-10H2,1H3,(H,17,18). The number of hydrogen-bond donors (Lipinski definition) is 1. The first-order valence-corrected chi connectivity index (χ1v) is 7.97. The average molecular weight is 312 g/mol. The average Bonchev–Trinajstić information content (AvgIpc) is 2.88. The van der Waals surface area contributed by atoms with Crippen molar-refractivity contribution in [3.05, 3.63) is 27.1 Å². The summed E-state index contributed by atoms with van der Waals surface area (Å²) in [4.78, 5) is 25.0. The highest BCUT2D eigenvalue weighted by atomic mass is 32.1. The minimum Gasteiger partial charge on any atom is -0.481 e. The number of nitrogens with zero attached hydrogens (tertiary/aromatic N) is 2. The summed E-state index contributed by atoms with van der Waals surface area (Å²) in [7, 11) is 0. The van der Waals surface area contributed by atoms with Crippen LogP contribution in [0.3, 0.4) is 0 Å². The topological polar surface area (TPSA) is 83.7 Å². The smallest absolute Gasteiger partial charge is 0.324 e. The van der Waals surface area contributed by atoms with Crippen molar-refractivity contribution in [1.29, 1.82) is 0 Å². The van der Waals surface area contributed by atoms with Gasteiger partial charge in [0.1, 0.15) is 0 Å². The van der Waals surface area contributed by atoms with Crippen LogP contribution >= 0.6 is 11.3 Å². The molecule has 1 aliphatic heterocycles. The molecular weight excluding hydrogens is 292 g/mol. The summed E-state index contributed by atoms with van der Waals surface area (Å²) < 4.78 is 0. The summed E-state index contributed by atoms with van der Waals surface area (Å²) in [5.41, 5.74) is -0.657. The summed E-state index contributed by atoms with van der Waals surface area (Å²) >= 11 is 1.17. The van der Waals surface area contributed by atoms with Gasteiger partial charge in [0.2, 0.25) is 0 Å². The first-order valence-electron chi connectivity index (χ1n) is 7.16. The zero-order valence-electron chi connectivity index (χ0n) is 12.1. The van der Waals surface area contributed by atoms with E-state index < -0.39 is 11.4 Å². The number of rotatable bonds is 6. The minimum atomic E-state index is -0.716. The van der Waals surface area contributed by atoms with Gasteiger partial charge in [0, 0.05) is 24.0 Å². The lowest BCUT2D eigenvalue weighted by Crippen LogP contribution is -2.47. The summed E-state index contributed by atoms with van der Waals surface area (Å²) in [6, 6.07) is 3.28. The Balaban J connectivity index is 2.06. The van der Waals surface area contributed by atoms with Crippen LogP contribution in [0.5, 0.6) is 0 Å². The highest BCUT2D eigenvalue weighted by molar-refractivity contribution is 7.15. The fraction of sp³-hybridized carbons (Fsp3) is 0.643.